The van der Waals surface area contributed by atoms with Gasteiger partial charge in [0.15, 0.2) is 0 Å². The third-order valence-corrected chi connectivity index (χ3v) is 2.45. The second kappa shape index (κ2) is 5.03. The van der Waals surface area contributed by atoms with Crippen molar-refractivity contribution in [3.05, 3.63) is 28.3 Å². The SMILES string of the molecule is COC(=O)CCc1cc(C)c(O)c(Cl)c1. The number of aryl methyl sites for hydroxylation is 2. The summed E-state index contributed by atoms with van der Waals surface area (Å²) < 4.78 is 4.53. The molecule has 0 fully saturated rings. The van der Waals surface area contributed by atoms with Crippen LogP contribution in [-0.4, -0.2) is 18.2 Å². The van der Waals surface area contributed by atoms with Gasteiger partial charge in [-0.3, -0.25) is 4.79 Å². The normalized spacial score (nSPS) is 10.1. The van der Waals surface area contributed by atoms with E-state index >= 15 is 0 Å². The van der Waals surface area contributed by atoms with Gasteiger partial charge in [0.25, 0.3) is 0 Å². The zero-order valence-electron chi connectivity index (χ0n) is 8.71. The van der Waals surface area contributed by atoms with Gasteiger partial charge < -0.3 is 9.84 Å². The maximum atomic E-state index is 10.9. The summed E-state index contributed by atoms with van der Waals surface area (Å²) in [7, 11) is 1.36. The Morgan fingerprint density at radius 2 is 2.20 bits per heavy atom. The molecular weight excluding hydrogens is 216 g/mol. The van der Waals surface area contributed by atoms with Gasteiger partial charge >= 0.3 is 5.97 Å². The van der Waals surface area contributed by atoms with Gasteiger partial charge in [-0.2, -0.15) is 0 Å². The molecule has 3 nitrogen and oxygen atoms in total. The first-order chi connectivity index (χ1) is 7.04. The Bertz CT molecular complexity index is 351. The minimum atomic E-state index is -0.253. The number of ether oxygens (including phenoxy) is 1. The lowest BCUT2D eigenvalue weighted by Crippen LogP contribution is -2.02. The van der Waals surface area contributed by atoms with Gasteiger partial charge in [-0.25, -0.2) is 0 Å². The van der Waals surface area contributed by atoms with Crippen LogP contribution in [-0.2, 0) is 16.0 Å². The third-order valence-electron chi connectivity index (χ3n) is 2.16. The van der Waals surface area contributed by atoms with Crippen LogP contribution in [0.3, 0.4) is 0 Å². The minimum Gasteiger partial charge on any atom is -0.506 e. The quantitative estimate of drug-likeness (QED) is 0.809. The molecule has 0 amide bonds. The number of benzene rings is 1. The van der Waals surface area contributed by atoms with Gasteiger partial charge in [-0.15, -0.1) is 0 Å². The van der Waals surface area contributed by atoms with Gasteiger partial charge in [-0.1, -0.05) is 17.7 Å². The van der Waals surface area contributed by atoms with Crippen LogP contribution >= 0.6 is 11.6 Å². The van der Waals surface area contributed by atoms with E-state index in [1.54, 1.807) is 13.0 Å². The predicted octanol–water partition coefficient (Wildman–Crippen LogP) is 2.46. The first-order valence-corrected chi connectivity index (χ1v) is 4.97. The van der Waals surface area contributed by atoms with E-state index in [0.29, 0.717) is 23.4 Å². The summed E-state index contributed by atoms with van der Waals surface area (Å²) >= 11 is 5.80. The Labute approximate surface area is 93.6 Å². The number of hydrogen-bond acceptors (Lipinski definition) is 3. The van der Waals surface area contributed by atoms with E-state index in [0.717, 1.165) is 5.56 Å². The number of esters is 1. The summed E-state index contributed by atoms with van der Waals surface area (Å²) in [5.41, 5.74) is 1.63. The number of rotatable bonds is 3. The molecule has 1 aromatic carbocycles. The van der Waals surface area contributed by atoms with Gasteiger partial charge in [0, 0.05) is 6.42 Å². The summed E-state index contributed by atoms with van der Waals surface area (Å²) in [6.07, 6.45) is 0.880. The average molecular weight is 229 g/mol. The van der Waals surface area contributed by atoms with E-state index in [-0.39, 0.29) is 11.7 Å². The number of carbonyl (C=O) groups is 1. The maximum absolute atomic E-state index is 10.9. The third kappa shape index (κ3) is 3.13. The zero-order valence-corrected chi connectivity index (χ0v) is 9.47. The fraction of sp³-hybridized carbons (Fsp3) is 0.364. The topological polar surface area (TPSA) is 46.5 Å². The van der Waals surface area contributed by atoms with Crippen LogP contribution in [0.25, 0.3) is 0 Å². The lowest BCUT2D eigenvalue weighted by atomic mass is 10.1. The molecule has 0 heterocycles. The number of halogens is 1. The summed E-state index contributed by atoms with van der Waals surface area (Å²) in [4.78, 5) is 10.9. The Morgan fingerprint density at radius 1 is 1.53 bits per heavy atom. The van der Waals surface area contributed by atoms with E-state index in [1.807, 2.05) is 6.07 Å². The summed E-state index contributed by atoms with van der Waals surface area (Å²) in [6, 6.07) is 3.47. The fourth-order valence-corrected chi connectivity index (χ4v) is 1.59. The Balaban J connectivity index is 2.75. The van der Waals surface area contributed by atoms with Crippen LogP contribution in [0.15, 0.2) is 12.1 Å². The smallest absolute Gasteiger partial charge is 0.305 e. The Morgan fingerprint density at radius 3 is 2.73 bits per heavy atom. The molecule has 0 saturated heterocycles. The van der Waals surface area contributed by atoms with Gasteiger partial charge in [-0.05, 0) is 30.5 Å². The van der Waals surface area contributed by atoms with Crippen LogP contribution in [0.1, 0.15) is 17.5 Å². The molecule has 82 valence electrons. The molecule has 0 spiro atoms. The van der Waals surface area contributed by atoms with E-state index in [4.69, 9.17) is 11.6 Å². The standard InChI is InChI=1S/C11H13ClO3/c1-7-5-8(3-4-10(13)15-2)6-9(12)11(7)14/h5-6,14H,3-4H2,1-2H3. The molecule has 0 saturated carbocycles. The van der Waals surface area contributed by atoms with Crippen molar-refractivity contribution in [2.24, 2.45) is 0 Å². The molecular formula is C11H13ClO3. The highest BCUT2D eigenvalue weighted by Crippen LogP contribution is 2.28. The lowest BCUT2D eigenvalue weighted by molar-refractivity contribution is -0.140. The first-order valence-electron chi connectivity index (χ1n) is 4.59. The number of carbonyl (C=O) groups excluding carboxylic acids is 1. The maximum Gasteiger partial charge on any atom is 0.305 e. The van der Waals surface area contributed by atoms with Crippen molar-refractivity contribution in [3.8, 4) is 5.75 Å². The molecule has 0 atom stereocenters. The molecule has 0 radical (unpaired) electrons. The molecule has 0 aliphatic rings. The van der Waals surface area contributed by atoms with E-state index in [1.165, 1.54) is 7.11 Å². The highest BCUT2D eigenvalue weighted by Gasteiger charge is 2.07. The summed E-state index contributed by atoms with van der Waals surface area (Å²) in [6.45, 7) is 1.77. The highest BCUT2D eigenvalue weighted by atomic mass is 35.5. The molecule has 4 heteroatoms. The Kier molecular flexibility index (Phi) is 3.97. The molecule has 15 heavy (non-hydrogen) atoms. The minimum absolute atomic E-state index is 0.0958. The molecule has 0 unspecified atom stereocenters. The van der Waals surface area contributed by atoms with E-state index in [9.17, 15) is 9.90 Å². The number of methoxy groups -OCH3 is 1. The molecule has 1 aromatic rings. The number of aromatic hydroxyl groups is 1. The first kappa shape index (κ1) is 11.9. The fourth-order valence-electron chi connectivity index (χ4n) is 1.30. The van der Waals surface area contributed by atoms with E-state index in [2.05, 4.69) is 4.74 Å². The second-order valence-corrected chi connectivity index (χ2v) is 3.73. The van der Waals surface area contributed by atoms with Crippen LogP contribution in [0.2, 0.25) is 5.02 Å². The van der Waals surface area contributed by atoms with Crippen LogP contribution in [0.5, 0.6) is 5.75 Å². The van der Waals surface area contributed by atoms with Crippen molar-refractivity contribution < 1.29 is 14.6 Å². The molecule has 0 bridgehead atoms. The van der Waals surface area contributed by atoms with Crippen LogP contribution in [0.4, 0.5) is 0 Å². The molecule has 0 aliphatic carbocycles. The Hall–Kier alpha value is -1.22. The van der Waals surface area contributed by atoms with Gasteiger partial charge in [0.2, 0.25) is 0 Å². The molecule has 0 aliphatic heterocycles. The van der Waals surface area contributed by atoms with Crippen molar-refractivity contribution in [3.63, 3.8) is 0 Å². The van der Waals surface area contributed by atoms with Crippen molar-refractivity contribution in [2.45, 2.75) is 19.8 Å². The van der Waals surface area contributed by atoms with Crippen molar-refractivity contribution in [1.82, 2.24) is 0 Å². The van der Waals surface area contributed by atoms with Crippen LogP contribution < -0.4 is 0 Å². The van der Waals surface area contributed by atoms with Crippen molar-refractivity contribution in [1.29, 1.82) is 0 Å². The number of phenolic OH excluding ortho intramolecular Hbond substituents is 1. The van der Waals surface area contributed by atoms with Crippen molar-refractivity contribution >= 4 is 17.6 Å². The molecule has 1 N–H and O–H groups in total. The van der Waals surface area contributed by atoms with Crippen LogP contribution in [0, 0.1) is 6.92 Å². The monoisotopic (exact) mass is 228 g/mol. The summed E-state index contributed by atoms with van der Waals surface area (Å²) in [5.74, 6) is -0.157. The predicted molar refractivity (Wildman–Crippen MR) is 58.2 cm³/mol. The molecule has 1 rings (SSSR count). The van der Waals surface area contributed by atoms with E-state index < -0.39 is 0 Å². The average Bonchev–Trinajstić information content (AvgIpc) is 2.22. The van der Waals surface area contributed by atoms with Gasteiger partial charge in [0.1, 0.15) is 5.75 Å². The second-order valence-electron chi connectivity index (χ2n) is 3.32. The lowest BCUT2D eigenvalue weighted by Gasteiger charge is -2.06. The zero-order chi connectivity index (χ0) is 11.4. The summed E-state index contributed by atoms with van der Waals surface area (Å²) in [5, 5.41) is 9.75. The van der Waals surface area contributed by atoms with Crippen molar-refractivity contribution in [2.75, 3.05) is 7.11 Å². The molecule has 0 aromatic heterocycles. The van der Waals surface area contributed by atoms with Gasteiger partial charge in [0.05, 0.1) is 12.1 Å². The largest absolute Gasteiger partial charge is 0.506 e. The number of hydrogen-bond donors (Lipinski definition) is 1. The number of phenols is 1. The highest BCUT2D eigenvalue weighted by molar-refractivity contribution is 6.32.